The standard InChI is InChI=1S/C22H21FN2O3/c1-14-9-17(22(26)25-19-7-6-18(23)11-20(19)27-3)10-15(2)21(14)28-13-16-5-4-8-24-12-16/h4-12H,13H2,1-3H3,(H,25,26). The van der Waals surface area contributed by atoms with Gasteiger partial charge in [-0.05, 0) is 55.3 Å². The van der Waals surface area contributed by atoms with Crippen molar-refractivity contribution in [1.29, 1.82) is 0 Å². The van der Waals surface area contributed by atoms with Crippen molar-refractivity contribution in [3.05, 3.63) is 82.9 Å². The van der Waals surface area contributed by atoms with Crippen molar-refractivity contribution in [2.24, 2.45) is 0 Å². The molecule has 0 spiro atoms. The summed E-state index contributed by atoms with van der Waals surface area (Å²) < 4.78 is 24.4. The first-order valence-corrected chi connectivity index (χ1v) is 8.75. The summed E-state index contributed by atoms with van der Waals surface area (Å²) in [6, 6.07) is 11.3. The van der Waals surface area contributed by atoms with Gasteiger partial charge in [-0.2, -0.15) is 0 Å². The van der Waals surface area contributed by atoms with Gasteiger partial charge in [-0.1, -0.05) is 6.07 Å². The summed E-state index contributed by atoms with van der Waals surface area (Å²) in [5, 5.41) is 2.76. The number of methoxy groups -OCH3 is 1. The Morgan fingerprint density at radius 3 is 2.54 bits per heavy atom. The molecule has 0 saturated heterocycles. The van der Waals surface area contributed by atoms with E-state index in [-0.39, 0.29) is 11.7 Å². The molecule has 0 bridgehead atoms. The van der Waals surface area contributed by atoms with Gasteiger partial charge >= 0.3 is 0 Å². The molecule has 1 amide bonds. The van der Waals surface area contributed by atoms with Gasteiger partial charge in [-0.15, -0.1) is 0 Å². The monoisotopic (exact) mass is 380 g/mol. The maximum atomic E-state index is 13.3. The summed E-state index contributed by atoms with van der Waals surface area (Å²) in [4.78, 5) is 16.7. The quantitative estimate of drug-likeness (QED) is 0.675. The van der Waals surface area contributed by atoms with E-state index in [4.69, 9.17) is 9.47 Å². The lowest BCUT2D eigenvalue weighted by Crippen LogP contribution is -2.13. The number of rotatable bonds is 6. The number of nitrogens with one attached hydrogen (secondary N) is 1. The molecular weight excluding hydrogens is 359 g/mol. The molecule has 28 heavy (non-hydrogen) atoms. The van der Waals surface area contributed by atoms with Gasteiger partial charge in [0, 0.05) is 29.6 Å². The van der Waals surface area contributed by atoms with Gasteiger partial charge < -0.3 is 14.8 Å². The SMILES string of the molecule is COc1cc(F)ccc1NC(=O)c1cc(C)c(OCc2cccnc2)c(C)c1. The molecule has 3 rings (SSSR count). The van der Waals surface area contributed by atoms with Crippen LogP contribution in [0.25, 0.3) is 0 Å². The maximum Gasteiger partial charge on any atom is 0.255 e. The normalized spacial score (nSPS) is 10.4. The van der Waals surface area contributed by atoms with Crippen molar-refractivity contribution in [2.45, 2.75) is 20.5 Å². The van der Waals surface area contributed by atoms with Gasteiger partial charge in [0.2, 0.25) is 0 Å². The van der Waals surface area contributed by atoms with Gasteiger partial charge in [-0.25, -0.2) is 4.39 Å². The highest BCUT2D eigenvalue weighted by Gasteiger charge is 2.14. The molecule has 0 radical (unpaired) electrons. The van der Waals surface area contributed by atoms with Crippen LogP contribution in [0, 0.1) is 19.7 Å². The van der Waals surface area contributed by atoms with E-state index in [0.29, 0.717) is 17.9 Å². The summed E-state index contributed by atoms with van der Waals surface area (Å²) in [5.74, 6) is 0.254. The molecule has 3 aromatic rings. The van der Waals surface area contributed by atoms with Crippen molar-refractivity contribution in [2.75, 3.05) is 12.4 Å². The summed E-state index contributed by atoms with van der Waals surface area (Å²) in [7, 11) is 1.42. The fraction of sp³-hybridized carbons (Fsp3) is 0.182. The van der Waals surface area contributed by atoms with Gasteiger partial charge in [0.1, 0.15) is 23.9 Å². The Bertz CT molecular complexity index is 967. The van der Waals surface area contributed by atoms with Gasteiger partial charge in [-0.3, -0.25) is 9.78 Å². The lowest BCUT2D eigenvalue weighted by molar-refractivity contribution is 0.102. The number of ether oxygens (including phenoxy) is 2. The van der Waals surface area contributed by atoms with Crippen LogP contribution in [-0.2, 0) is 6.61 Å². The maximum absolute atomic E-state index is 13.3. The first-order valence-electron chi connectivity index (χ1n) is 8.75. The fourth-order valence-electron chi connectivity index (χ4n) is 2.91. The average Bonchev–Trinajstić information content (AvgIpc) is 2.69. The minimum Gasteiger partial charge on any atom is -0.494 e. The third kappa shape index (κ3) is 4.46. The first kappa shape index (κ1) is 19.4. The van der Waals surface area contributed by atoms with Crippen molar-refractivity contribution >= 4 is 11.6 Å². The van der Waals surface area contributed by atoms with Crippen LogP contribution in [0.5, 0.6) is 11.5 Å². The highest BCUT2D eigenvalue weighted by molar-refractivity contribution is 6.05. The van der Waals surface area contributed by atoms with Crippen LogP contribution in [0.2, 0.25) is 0 Å². The molecule has 0 saturated carbocycles. The summed E-state index contributed by atoms with van der Waals surface area (Å²) in [5.41, 5.74) is 3.54. The zero-order chi connectivity index (χ0) is 20.1. The van der Waals surface area contributed by atoms with Gasteiger partial charge in [0.05, 0.1) is 12.8 Å². The van der Waals surface area contributed by atoms with Gasteiger partial charge in [0.25, 0.3) is 5.91 Å². The number of amides is 1. The summed E-state index contributed by atoms with van der Waals surface area (Å²) in [6.45, 7) is 4.18. The Labute approximate surface area is 163 Å². The lowest BCUT2D eigenvalue weighted by atomic mass is 10.0. The Hall–Kier alpha value is -3.41. The number of pyridine rings is 1. The van der Waals surface area contributed by atoms with Crippen molar-refractivity contribution in [1.82, 2.24) is 4.98 Å². The van der Waals surface area contributed by atoms with Crippen LogP contribution >= 0.6 is 0 Å². The molecule has 0 aliphatic heterocycles. The number of halogens is 1. The minimum absolute atomic E-state index is 0.262. The molecule has 1 N–H and O–H groups in total. The minimum atomic E-state index is -0.434. The van der Waals surface area contributed by atoms with Crippen LogP contribution in [0.15, 0.2) is 54.9 Å². The van der Waals surface area contributed by atoms with E-state index in [1.165, 1.54) is 25.3 Å². The Morgan fingerprint density at radius 1 is 1.14 bits per heavy atom. The molecule has 6 heteroatoms. The molecule has 0 atom stereocenters. The summed E-state index contributed by atoms with van der Waals surface area (Å²) in [6.07, 6.45) is 3.46. The topological polar surface area (TPSA) is 60.5 Å². The van der Waals surface area contributed by atoms with Crippen LogP contribution < -0.4 is 14.8 Å². The van der Waals surface area contributed by atoms with E-state index in [1.54, 1.807) is 24.5 Å². The number of carbonyl (C=O) groups is 1. The number of benzene rings is 2. The van der Waals surface area contributed by atoms with Crippen molar-refractivity contribution in [3.63, 3.8) is 0 Å². The molecule has 1 heterocycles. The van der Waals surface area contributed by atoms with E-state index in [9.17, 15) is 9.18 Å². The molecule has 0 unspecified atom stereocenters. The summed E-state index contributed by atoms with van der Waals surface area (Å²) >= 11 is 0. The average molecular weight is 380 g/mol. The second kappa shape index (κ2) is 8.52. The van der Waals surface area contributed by atoms with Gasteiger partial charge in [0.15, 0.2) is 0 Å². The lowest BCUT2D eigenvalue weighted by Gasteiger charge is -2.15. The molecule has 2 aromatic carbocycles. The Balaban J connectivity index is 1.77. The first-order chi connectivity index (χ1) is 13.5. The van der Waals surface area contributed by atoms with E-state index in [1.807, 2.05) is 26.0 Å². The zero-order valence-corrected chi connectivity index (χ0v) is 16.0. The Morgan fingerprint density at radius 2 is 1.89 bits per heavy atom. The number of aromatic nitrogens is 1. The zero-order valence-electron chi connectivity index (χ0n) is 16.0. The van der Waals surface area contributed by atoms with Crippen LogP contribution in [0.1, 0.15) is 27.0 Å². The predicted octanol–water partition coefficient (Wildman–Crippen LogP) is 4.68. The van der Waals surface area contributed by atoms with Crippen molar-refractivity contribution in [3.8, 4) is 11.5 Å². The smallest absolute Gasteiger partial charge is 0.255 e. The molecule has 5 nitrogen and oxygen atoms in total. The Kier molecular flexibility index (Phi) is 5.89. The highest BCUT2D eigenvalue weighted by atomic mass is 19.1. The third-order valence-electron chi connectivity index (χ3n) is 4.24. The second-order valence-electron chi connectivity index (χ2n) is 6.39. The number of aryl methyl sites for hydroxylation is 2. The molecule has 0 fully saturated rings. The van der Waals surface area contributed by atoms with E-state index < -0.39 is 5.82 Å². The predicted molar refractivity (Wildman–Crippen MR) is 105 cm³/mol. The number of hydrogen-bond acceptors (Lipinski definition) is 4. The molecule has 1 aromatic heterocycles. The van der Waals surface area contributed by atoms with E-state index in [2.05, 4.69) is 10.3 Å². The molecular formula is C22H21FN2O3. The van der Waals surface area contributed by atoms with Crippen LogP contribution in [0.4, 0.5) is 10.1 Å². The largest absolute Gasteiger partial charge is 0.494 e. The number of nitrogens with zero attached hydrogens (tertiary/aromatic N) is 1. The molecule has 0 aliphatic rings. The third-order valence-corrected chi connectivity index (χ3v) is 4.24. The van der Waals surface area contributed by atoms with Crippen molar-refractivity contribution < 1.29 is 18.7 Å². The van der Waals surface area contributed by atoms with E-state index >= 15 is 0 Å². The number of hydrogen-bond donors (Lipinski definition) is 1. The molecule has 0 aliphatic carbocycles. The van der Waals surface area contributed by atoms with Crippen LogP contribution in [-0.4, -0.2) is 18.0 Å². The fourth-order valence-corrected chi connectivity index (χ4v) is 2.91. The highest BCUT2D eigenvalue weighted by Crippen LogP contribution is 2.28. The molecule has 144 valence electrons. The van der Waals surface area contributed by atoms with Crippen LogP contribution in [0.3, 0.4) is 0 Å². The van der Waals surface area contributed by atoms with E-state index in [0.717, 1.165) is 22.4 Å². The number of anilines is 1. The number of carbonyl (C=O) groups excluding carboxylic acids is 1. The second-order valence-corrected chi connectivity index (χ2v) is 6.39.